The van der Waals surface area contributed by atoms with Crippen LogP contribution in [0.3, 0.4) is 0 Å². The summed E-state index contributed by atoms with van der Waals surface area (Å²) in [6, 6.07) is 12.6. The fourth-order valence-corrected chi connectivity index (χ4v) is 4.72. The van der Waals surface area contributed by atoms with Gasteiger partial charge in [0.15, 0.2) is 0 Å². The van der Waals surface area contributed by atoms with Gasteiger partial charge >= 0.3 is 0 Å². The van der Waals surface area contributed by atoms with E-state index in [0.29, 0.717) is 36.5 Å². The highest BCUT2D eigenvalue weighted by Gasteiger charge is 2.26. The van der Waals surface area contributed by atoms with E-state index in [-0.39, 0.29) is 29.3 Å². The van der Waals surface area contributed by atoms with Gasteiger partial charge in [0.25, 0.3) is 11.6 Å². The Balaban J connectivity index is 1.84. The Kier molecular flexibility index (Phi) is 7.66. The van der Waals surface area contributed by atoms with Crippen LogP contribution in [0.15, 0.2) is 58.8 Å². The molecular formula is C23H26N4O4S. The Morgan fingerprint density at radius 1 is 1.31 bits per heavy atom. The minimum atomic E-state index is -0.434. The summed E-state index contributed by atoms with van der Waals surface area (Å²) < 4.78 is 0. The van der Waals surface area contributed by atoms with Gasteiger partial charge in [0, 0.05) is 29.6 Å². The molecule has 8 nitrogen and oxygen atoms in total. The fourth-order valence-electron chi connectivity index (χ4n) is 3.55. The van der Waals surface area contributed by atoms with E-state index in [1.807, 2.05) is 24.3 Å². The van der Waals surface area contributed by atoms with E-state index in [2.05, 4.69) is 31.1 Å². The van der Waals surface area contributed by atoms with Crippen LogP contribution in [-0.2, 0) is 9.59 Å². The number of nitro groups is 1. The predicted octanol–water partition coefficient (Wildman–Crippen LogP) is 3.39. The first-order valence-electron chi connectivity index (χ1n) is 10.3. The van der Waals surface area contributed by atoms with Gasteiger partial charge in [-0.3, -0.25) is 25.0 Å². The van der Waals surface area contributed by atoms with Crippen molar-refractivity contribution in [1.29, 1.82) is 0 Å². The molecule has 1 unspecified atom stereocenters. The number of hydrogen-bond acceptors (Lipinski definition) is 6. The molecule has 0 saturated carbocycles. The molecule has 0 aromatic heterocycles. The standard InChI is InChI=1S/C23H26N4O4S/c1-15(2)18-6-4-5-7-20(18)32-21-9-8-17(12-19(21)27(30)31)16(3)23(29)26-11-10-24-22(13-26)25-14-28/h4-9,12,14-15,22,24H,3,10-11,13H2,1-2H3,(H,25,28). The summed E-state index contributed by atoms with van der Waals surface area (Å²) in [6.07, 6.45) is 0.240. The van der Waals surface area contributed by atoms with Crippen molar-refractivity contribution in [1.82, 2.24) is 15.5 Å². The maximum Gasteiger partial charge on any atom is 0.283 e. The zero-order valence-corrected chi connectivity index (χ0v) is 18.9. The zero-order valence-electron chi connectivity index (χ0n) is 18.0. The van der Waals surface area contributed by atoms with Crippen molar-refractivity contribution >= 4 is 35.3 Å². The summed E-state index contributed by atoms with van der Waals surface area (Å²) >= 11 is 1.34. The normalized spacial score (nSPS) is 16.0. The van der Waals surface area contributed by atoms with Gasteiger partial charge < -0.3 is 10.2 Å². The number of carbonyl (C=O) groups excluding carboxylic acids is 2. The third kappa shape index (κ3) is 5.35. The Morgan fingerprint density at radius 2 is 2.06 bits per heavy atom. The van der Waals surface area contributed by atoms with Gasteiger partial charge in [-0.1, -0.05) is 56.5 Å². The maximum absolute atomic E-state index is 12.9. The van der Waals surface area contributed by atoms with Gasteiger partial charge in [-0.2, -0.15) is 0 Å². The molecule has 2 N–H and O–H groups in total. The van der Waals surface area contributed by atoms with Gasteiger partial charge in [-0.25, -0.2) is 0 Å². The van der Waals surface area contributed by atoms with E-state index in [4.69, 9.17) is 0 Å². The Morgan fingerprint density at radius 3 is 2.75 bits per heavy atom. The van der Waals surface area contributed by atoms with E-state index in [0.717, 1.165) is 10.5 Å². The lowest BCUT2D eigenvalue weighted by molar-refractivity contribution is -0.387. The van der Waals surface area contributed by atoms with Gasteiger partial charge in [0.1, 0.15) is 0 Å². The van der Waals surface area contributed by atoms with Crippen LogP contribution in [0.25, 0.3) is 5.57 Å². The number of hydrogen-bond donors (Lipinski definition) is 2. The topological polar surface area (TPSA) is 105 Å². The summed E-state index contributed by atoms with van der Waals surface area (Å²) in [5, 5.41) is 17.5. The molecular weight excluding hydrogens is 428 g/mol. The van der Waals surface area contributed by atoms with Crippen LogP contribution in [0.5, 0.6) is 0 Å². The second-order valence-corrected chi connectivity index (χ2v) is 8.84. The molecule has 1 saturated heterocycles. The summed E-state index contributed by atoms with van der Waals surface area (Å²) in [6.45, 7) is 9.32. The van der Waals surface area contributed by atoms with E-state index < -0.39 is 4.92 Å². The summed E-state index contributed by atoms with van der Waals surface area (Å²) in [4.78, 5) is 38.0. The second-order valence-electron chi connectivity index (χ2n) is 7.76. The summed E-state index contributed by atoms with van der Waals surface area (Å²) in [5.74, 6) is -0.0324. The van der Waals surface area contributed by atoms with E-state index in [1.54, 1.807) is 17.0 Å². The number of amides is 2. The van der Waals surface area contributed by atoms with Crippen molar-refractivity contribution in [3.8, 4) is 0 Å². The minimum absolute atomic E-state index is 0.0687. The highest BCUT2D eigenvalue weighted by molar-refractivity contribution is 7.99. The Hall–Kier alpha value is -3.17. The van der Waals surface area contributed by atoms with Crippen LogP contribution in [0, 0.1) is 10.1 Å². The molecule has 2 amide bonds. The predicted molar refractivity (Wildman–Crippen MR) is 124 cm³/mol. The highest BCUT2D eigenvalue weighted by atomic mass is 32.2. The number of nitrogens with one attached hydrogen (secondary N) is 2. The van der Waals surface area contributed by atoms with E-state index >= 15 is 0 Å². The fraction of sp³-hybridized carbons (Fsp3) is 0.304. The van der Waals surface area contributed by atoms with Crippen LogP contribution >= 0.6 is 11.8 Å². The Bertz CT molecular complexity index is 1040. The number of nitro benzene ring substituents is 1. The average Bonchev–Trinajstić information content (AvgIpc) is 2.79. The first-order chi connectivity index (χ1) is 15.3. The lowest BCUT2D eigenvalue weighted by Gasteiger charge is -2.33. The molecule has 0 aliphatic carbocycles. The molecule has 1 atom stereocenters. The van der Waals surface area contributed by atoms with Crippen molar-refractivity contribution in [3.05, 3.63) is 70.3 Å². The highest BCUT2D eigenvalue weighted by Crippen LogP contribution is 2.39. The number of carbonyl (C=O) groups is 2. The van der Waals surface area contributed by atoms with Gasteiger partial charge in [-0.15, -0.1) is 0 Å². The van der Waals surface area contributed by atoms with Crippen LogP contribution in [-0.4, -0.2) is 47.9 Å². The van der Waals surface area contributed by atoms with Crippen LogP contribution in [0.2, 0.25) is 0 Å². The molecule has 0 spiro atoms. The van der Waals surface area contributed by atoms with Gasteiger partial charge in [-0.05, 0) is 29.2 Å². The van der Waals surface area contributed by atoms with E-state index in [9.17, 15) is 19.7 Å². The molecule has 1 heterocycles. The minimum Gasteiger partial charge on any atom is -0.342 e. The maximum atomic E-state index is 12.9. The van der Waals surface area contributed by atoms with Crippen molar-refractivity contribution in [2.45, 2.75) is 35.7 Å². The lowest BCUT2D eigenvalue weighted by atomic mass is 10.0. The smallest absolute Gasteiger partial charge is 0.283 e. The third-order valence-corrected chi connectivity index (χ3v) is 6.41. The van der Waals surface area contributed by atoms with Crippen LogP contribution in [0.1, 0.15) is 30.9 Å². The molecule has 2 aromatic carbocycles. The first-order valence-corrected chi connectivity index (χ1v) is 11.1. The number of piperazine rings is 1. The second kappa shape index (κ2) is 10.4. The van der Waals surface area contributed by atoms with Crippen molar-refractivity contribution in [3.63, 3.8) is 0 Å². The average molecular weight is 455 g/mol. The van der Waals surface area contributed by atoms with Crippen molar-refractivity contribution < 1.29 is 14.5 Å². The molecule has 2 aromatic rings. The monoisotopic (exact) mass is 454 g/mol. The zero-order chi connectivity index (χ0) is 23.3. The number of rotatable bonds is 8. The SMILES string of the molecule is C=C(C(=O)N1CCNC(NC=O)C1)c1ccc(Sc2ccccc2C(C)C)c([N+](=O)[O-])c1. The molecule has 32 heavy (non-hydrogen) atoms. The van der Waals surface area contributed by atoms with Gasteiger partial charge in [0.2, 0.25) is 6.41 Å². The molecule has 1 aliphatic heterocycles. The molecule has 1 aliphatic rings. The molecule has 9 heteroatoms. The lowest BCUT2D eigenvalue weighted by Crippen LogP contribution is -2.58. The first kappa shape index (κ1) is 23.5. The van der Waals surface area contributed by atoms with Crippen LogP contribution in [0.4, 0.5) is 5.69 Å². The van der Waals surface area contributed by atoms with Crippen molar-refractivity contribution in [2.75, 3.05) is 19.6 Å². The summed E-state index contributed by atoms with van der Waals surface area (Å²) in [5.41, 5.74) is 1.63. The Labute approximate surface area is 191 Å². The quantitative estimate of drug-likeness (QED) is 0.274. The van der Waals surface area contributed by atoms with Crippen LogP contribution < -0.4 is 10.6 Å². The van der Waals surface area contributed by atoms with E-state index in [1.165, 1.54) is 17.8 Å². The molecule has 1 fully saturated rings. The van der Waals surface area contributed by atoms with Gasteiger partial charge in [0.05, 0.1) is 22.5 Å². The number of nitrogens with zero attached hydrogens (tertiary/aromatic N) is 2. The molecule has 0 radical (unpaired) electrons. The van der Waals surface area contributed by atoms with Crippen molar-refractivity contribution in [2.24, 2.45) is 0 Å². The largest absolute Gasteiger partial charge is 0.342 e. The third-order valence-electron chi connectivity index (χ3n) is 5.26. The molecule has 168 valence electrons. The molecule has 3 rings (SSSR count). The molecule has 0 bridgehead atoms. The summed E-state index contributed by atoms with van der Waals surface area (Å²) in [7, 11) is 0. The number of benzene rings is 2.